The molecule has 0 N–H and O–H groups in total. The van der Waals surface area contributed by atoms with Gasteiger partial charge in [-0.3, -0.25) is 0 Å². The molecular formula is C19H27BrN2. The van der Waals surface area contributed by atoms with E-state index in [1.807, 2.05) is 6.08 Å². The van der Waals surface area contributed by atoms with E-state index in [1.54, 1.807) is 0 Å². The molecule has 22 heavy (non-hydrogen) atoms. The monoisotopic (exact) mass is 362 g/mol. The van der Waals surface area contributed by atoms with Crippen molar-refractivity contribution in [2.45, 2.75) is 52.6 Å². The van der Waals surface area contributed by atoms with Gasteiger partial charge in [-0.05, 0) is 45.1 Å². The first kappa shape index (κ1) is 17.1. The van der Waals surface area contributed by atoms with Crippen LogP contribution >= 0.6 is 15.9 Å². The second-order valence-corrected chi connectivity index (χ2v) is 6.89. The van der Waals surface area contributed by atoms with Crippen molar-refractivity contribution in [2.75, 3.05) is 6.54 Å². The third kappa shape index (κ3) is 3.75. The van der Waals surface area contributed by atoms with Gasteiger partial charge in [-0.1, -0.05) is 53.2 Å². The van der Waals surface area contributed by atoms with E-state index in [-0.39, 0.29) is 6.17 Å². The normalized spacial score (nSPS) is 25.9. The standard InChI is InChI=1S/C19H27BrN2/c1-5-15(3)14-16(4)18(6-2)22-13-12-21-11-9-7-8-10-17(20)19(21)22/h5,10,12-14,19H,1,6-9,11H2,2-4H3/b15-14-,17-10+,18-16+. The van der Waals surface area contributed by atoms with Gasteiger partial charge in [0.2, 0.25) is 0 Å². The molecule has 2 rings (SSSR count). The summed E-state index contributed by atoms with van der Waals surface area (Å²) >= 11 is 3.82. The number of fused-ring (bicyclic) bond motifs is 1. The summed E-state index contributed by atoms with van der Waals surface area (Å²) in [5.41, 5.74) is 3.89. The summed E-state index contributed by atoms with van der Waals surface area (Å²) in [6.07, 6.45) is 15.9. The SMILES string of the molecule is C=C/C(C)=C\C(C)=C(/CC)N1C=CN2CCCC/C=C(/Br)C21. The minimum atomic E-state index is 0.280. The van der Waals surface area contributed by atoms with E-state index in [0.717, 1.165) is 13.0 Å². The average Bonchev–Trinajstić information content (AvgIpc) is 2.88. The van der Waals surface area contributed by atoms with Gasteiger partial charge >= 0.3 is 0 Å². The van der Waals surface area contributed by atoms with Crippen molar-refractivity contribution in [3.8, 4) is 0 Å². The molecule has 0 fully saturated rings. The van der Waals surface area contributed by atoms with E-state index >= 15 is 0 Å². The fourth-order valence-corrected chi connectivity index (χ4v) is 3.85. The zero-order valence-electron chi connectivity index (χ0n) is 14.0. The molecule has 120 valence electrons. The molecule has 0 bridgehead atoms. The lowest BCUT2D eigenvalue weighted by atomic mass is 10.1. The van der Waals surface area contributed by atoms with Crippen LogP contribution in [0, 0.1) is 0 Å². The van der Waals surface area contributed by atoms with Crippen LogP contribution in [0.5, 0.6) is 0 Å². The van der Waals surface area contributed by atoms with Gasteiger partial charge in [0.25, 0.3) is 0 Å². The fourth-order valence-electron chi connectivity index (χ4n) is 3.14. The molecule has 0 saturated carbocycles. The molecule has 0 saturated heterocycles. The summed E-state index contributed by atoms with van der Waals surface area (Å²) in [6.45, 7) is 11.5. The van der Waals surface area contributed by atoms with Crippen LogP contribution < -0.4 is 0 Å². The van der Waals surface area contributed by atoms with Gasteiger partial charge < -0.3 is 9.80 Å². The molecule has 0 aromatic heterocycles. The number of hydrogen-bond donors (Lipinski definition) is 0. The fraction of sp³-hybridized carbons (Fsp3) is 0.474. The number of nitrogens with zero attached hydrogens (tertiary/aromatic N) is 2. The minimum absolute atomic E-state index is 0.280. The quantitative estimate of drug-likeness (QED) is 0.593. The maximum atomic E-state index is 3.85. The third-order valence-corrected chi connectivity index (χ3v) is 5.05. The average molecular weight is 363 g/mol. The first-order chi connectivity index (χ1) is 10.6. The highest BCUT2D eigenvalue weighted by molar-refractivity contribution is 9.11. The first-order valence-electron chi connectivity index (χ1n) is 8.17. The lowest BCUT2D eigenvalue weighted by Crippen LogP contribution is -2.39. The molecule has 1 atom stereocenters. The van der Waals surface area contributed by atoms with Crippen molar-refractivity contribution >= 4 is 15.9 Å². The van der Waals surface area contributed by atoms with Gasteiger partial charge in [-0.15, -0.1) is 0 Å². The predicted molar refractivity (Wildman–Crippen MR) is 99.3 cm³/mol. The molecule has 0 aliphatic carbocycles. The summed E-state index contributed by atoms with van der Waals surface area (Å²) in [6, 6.07) is 0. The zero-order chi connectivity index (χ0) is 16.1. The van der Waals surface area contributed by atoms with Crippen molar-refractivity contribution in [3.05, 3.63) is 58.5 Å². The molecule has 0 amide bonds. The molecule has 0 spiro atoms. The molecule has 2 aliphatic heterocycles. The summed E-state index contributed by atoms with van der Waals surface area (Å²) in [4.78, 5) is 4.85. The van der Waals surface area contributed by atoms with Gasteiger partial charge in [0, 0.05) is 29.1 Å². The molecule has 2 heterocycles. The van der Waals surface area contributed by atoms with Gasteiger partial charge in [-0.2, -0.15) is 0 Å². The number of halogens is 1. The Bertz CT molecular complexity index is 540. The highest BCUT2D eigenvalue weighted by Gasteiger charge is 2.31. The van der Waals surface area contributed by atoms with Crippen LogP contribution in [0.1, 0.15) is 46.5 Å². The van der Waals surface area contributed by atoms with Crippen LogP contribution in [0.15, 0.2) is 58.5 Å². The maximum absolute atomic E-state index is 3.85. The molecule has 2 nitrogen and oxygen atoms in total. The van der Waals surface area contributed by atoms with E-state index in [2.05, 4.69) is 77.6 Å². The Hall–Kier alpha value is -1.22. The molecule has 0 aromatic rings. The van der Waals surface area contributed by atoms with Crippen molar-refractivity contribution < 1.29 is 0 Å². The van der Waals surface area contributed by atoms with E-state index in [1.165, 1.54) is 40.6 Å². The Morgan fingerprint density at radius 1 is 1.36 bits per heavy atom. The van der Waals surface area contributed by atoms with Crippen molar-refractivity contribution in [3.63, 3.8) is 0 Å². The number of hydrogen-bond acceptors (Lipinski definition) is 2. The molecule has 0 aromatic carbocycles. The van der Waals surface area contributed by atoms with Crippen LogP contribution in [0.3, 0.4) is 0 Å². The summed E-state index contributed by atoms with van der Waals surface area (Å²) in [5.74, 6) is 0. The molecule has 3 heteroatoms. The second kappa shape index (κ2) is 7.87. The van der Waals surface area contributed by atoms with Crippen molar-refractivity contribution in [1.29, 1.82) is 0 Å². The van der Waals surface area contributed by atoms with Gasteiger partial charge in [0.05, 0.1) is 0 Å². The smallest absolute Gasteiger partial charge is 0.138 e. The Labute approximate surface area is 143 Å². The Morgan fingerprint density at radius 2 is 2.14 bits per heavy atom. The highest BCUT2D eigenvalue weighted by atomic mass is 79.9. The summed E-state index contributed by atoms with van der Waals surface area (Å²) in [7, 11) is 0. The highest BCUT2D eigenvalue weighted by Crippen LogP contribution is 2.34. The first-order valence-corrected chi connectivity index (χ1v) is 8.96. The largest absolute Gasteiger partial charge is 0.352 e. The zero-order valence-corrected chi connectivity index (χ0v) is 15.6. The minimum Gasteiger partial charge on any atom is -0.352 e. The van der Waals surface area contributed by atoms with E-state index in [4.69, 9.17) is 0 Å². The summed E-state index contributed by atoms with van der Waals surface area (Å²) in [5, 5.41) is 0. The number of rotatable bonds is 4. The van der Waals surface area contributed by atoms with E-state index in [0.29, 0.717) is 0 Å². The van der Waals surface area contributed by atoms with E-state index < -0.39 is 0 Å². The maximum Gasteiger partial charge on any atom is 0.138 e. The predicted octanol–water partition coefficient (Wildman–Crippen LogP) is 5.68. The summed E-state index contributed by atoms with van der Waals surface area (Å²) < 4.78 is 1.28. The molecular weight excluding hydrogens is 336 g/mol. The van der Waals surface area contributed by atoms with Crippen molar-refractivity contribution in [2.24, 2.45) is 0 Å². The second-order valence-electron chi connectivity index (χ2n) is 5.98. The molecule has 1 unspecified atom stereocenters. The van der Waals surface area contributed by atoms with Gasteiger partial charge in [0.1, 0.15) is 6.17 Å². The Morgan fingerprint density at radius 3 is 2.82 bits per heavy atom. The lowest BCUT2D eigenvalue weighted by molar-refractivity contribution is 0.215. The van der Waals surface area contributed by atoms with Gasteiger partial charge in [-0.25, -0.2) is 0 Å². The van der Waals surface area contributed by atoms with Crippen LogP contribution in [0.2, 0.25) is 0 Å². The van der Waals surface area contributed by atoms with Crippen LogP contribution in [0.25, 0.3) is 0 Å². The Kier molecular flexibility index (Phi) is 6.13. The molecule has 0 radical (unpaired) electrons. The van der Waals surface area contributed by atoms with Gasteiger partial charge in [0.15, 0.2) is 0 Å². The molecule has 2 aliphatic rings. The lowest BCUT2D eigenvalue weighted by Gasteiger charge is -2.35. The third-order valence-electron chi connectivity index (χ3n) is 4.32. The van der Waals surface area contributed by atoms with Crippen molar-refractivity contribution in [1.82, 2.24) is 9.80 Å². The Balaban J connectivity index is 2.37. The van der Waals surface area contributed by atoms with E-state index in [9.17, 15) is 0 Å². The van der Waals surface area contributed by atoms with Crippen LogP contribution in [-0.4, -0.2) is 22.5 Å². The topological polar surface area (TPSA) is 6.48 Å². The van der Waals surface area contributed by atoms with Crippen LogP contribution in [0.4, 0.5) is 0 Å². The number of allylic oxidation sites excluding steroid dienone is 6. The van der Waals surface area contributed by atoms with Crippen LogP contribution in [-0.2, 0) is 0 Å².